The van der Waals surface area contributed by atoms with E-state index in [9.17, 15) is 0 Å². The van der Waals surface area contributed by atoms with Gasteiger partial charge in [0.15, 0.2) is 0 Å². The molecule has 106 valence electrons. The van der Waals surface area contributed by atoms with Crippen molar-refractivity contribution in [3.63, 3.8) is 0 Å². The maximum Gasteiger partial charge on any atom is 0.0189 e. The molecule has 1 aliphatic rings. The summed E-state index contributed by atoms with van der Waals surface area (Å²) in [6.07, 6.45) is 6.96. The summed E-state index contributed by atoms with van der Waals surface area (Å²) in [5.74, 6) is 2.12. The third-order valence-corrected chi connectivity index (χ3v) is 5.16. The van der Waals surface area contributed by atoms with Gasteiger partial charge in [-0.2, -0.15) is 0 Å². The van der Waals surface area contributed by atoms with Gasteiger partial charge in [0.25, 0.3) is 0 Å². The van der Waals surface area contributed by atoms with Crippen molar-refractivity contribution < 1.29 is 0 Å². The molecule has 19 heavy (non-hydrogen) atoms. The van der Waals surface area contributed by atoms with Gasteiger partial charge >= 0.3 is 0 Å². The molecule has 1 N–H and O–H groups in total. The maximum atomic E-state index is 3.78. The van der Waals surface area contributed by atoms with Crippen LogP contribution in [-0.2, 0) is 0 Å². The number of hydrogen-bond donors (Lipinski definition) is 1. The molecule has 1 aliphatic carbocycles. The smallest absolute Gasteiger partial charge is 0.0189 e. The lowest BCUT2D eigenvalue weighted by molar-refractivity contribution is 0.388. The normalized spacial score (nSPS) is 17.8. The van der Waals surface area contributed by atoms with Crippen LogP contribution in [-0.4, -0.2) is 18.3 Å². The molecule has 0 radical (unpaired) electrons. The first-order valence-corrected chi connectivity index (χ1v) is 8.71. The molecule has 1 atom stereocenters. The first-order chi connectivity index (χ1) is 9.29. The second-order valence-corrected chi connectivity index (χ2v) is 6.83. The molecule has 1 fully saturated rings. The summed E-state index contributed by atoms with van der Waals surface area (Å²) in [7, 11) is 0. The molecular weight excluding hydrogens is 250 g/mol. The van der Waals surface area contributed by atoms with Crippen molar-refractivity contribution in [2.45, 2.75) is 56.9 Å². The van der Waals surface area contributed by atoms with Crippen LogP contribution in [0, 0.1) is 12.8 Å². The van der Waals surface area contributed by atoms with E-state index in [2.05, 4.69) is 43.4 Å². The molecule has 0 bridgehead atoms. The molecule has 1 saturated carbocycles. The molecule has 2 heteroatoms. The van der Waals surface area contributed by atoms with Crippen molar-refractivity contribution in [3.05, 3.63) is 29.8 Å². The molecule has 0 spiro atoms. The Bertz CT molecular complexity index is 371. The molecule has 0 aromatic heterocycles. The molecule has 1 unspecified atom stereocenters. The average Bonchev–Trinajstić information content (AvgIpc) is 2.93. The predicted octanol–water partition coefficient (Wildman–Crippen LogP) is 4.65. The lowest BCUT2D eigenvalue weighted by atomic mass is 10.00. The summed E-state index contributed by atoms with van der Waals surface area (Å²) < 4.78 is 0. The van der Waals surface area contributed by atoms with Crippen molar-refractivity contribution >= 4 is 11.8 Å². The Morgan fingerprint density at radius 3 is 2.79 bits per heavy atom. The number of hydrogen-bond acceptors (Lipinski definition) is 2. The van der Waals surface area contributed by atoms with E-state index in [0.717, 1.165) is 12.5 Å². The third-order valence-electron chi connectivity index (χ3n) is 4.04. The van der Waals surface area contributed by atoms with Gasteiger partial charge in [0.05, 0.1) is 0 Å². The van der Waals surface area contributed by atoms with E-state index < -0.39 is 0 Å². The number of rotatable bonds is 7. The van der Waals surface area contributed by atoms with Crippen molar-refractivity contribution in [1.29, 1.82) is 0 Å². The number of benzene rings is 1. The van der Waals surface area contributed by atoms with Gasteiger partial charge < -0.3 is 5.32 Å². The number of nitrogens with one attached hydrogen (secondary N) is 1. The van der Waals surface area contributed by atoms with Crippen LogP contribution >= 0.6 is 11.8 Å². The van der Waals surface area contributed by atoms with Crippen LogP contribution in [0.2, 0.25) is 0 Å². The summed E-state index contributed by atoms with van der Waals surface area (Å²) in [6, 6.07) is 9.59. The Labute approximate surface area is 122 Å². The summed E-state index contributed by atoms with van der Waals surface area (Å²) >= 11 is 2.02. The van der Waals surface area contributed by atoms with Crippen LogP contribution in [0.15, 0.2) is 29.2 Å². The Hall–Kier alpha value is -0.470. The quantitative estimate of drug-likeness (QED) is 0.728. The summed E-state index contributed by atoms with van der Waals surface area (Å²) in [5.41, 5.74) is 1.36. The highest BCUT2D eigenvalue weighted by molar-refractivity contribution is 7.99. The number of aryl methyl sites for hydroxylation is 1. The first kappa shape index (κ1) is 14.9. The van der Waals surface area contributed by atoms with E-state index in [1.54, 1.807) is 0 Å². The van der Waals surface area contributed by atoms with Crippen molar-refractivity contribution in [2.24, 2.45) is 5.92 Å². The minimum atomic E-state index is 0.702. The average molecular weight is 277 g/mol. The van der Waals surface area contributed by atoms with Gasteiger partial charge in [-0.3, -0.25) is 0 Å². The molecular formula is C17H27NS. The van der Waals surface area contributed by atoms with Crippen molar-refractivity contribution in [2.75, 3.05) is 12.3 Å². The van der Waals surface area contributed by atoms with Crippen LogP contribution in [0.4, 0.5) is 0 Å². The monoisotopic (exact) mass is 277 g/mol. The largest absolute Gasteiger partial charge is 0.313 e. The molecule has 1 aromatic rings. The zero-order valence-corrected chi connectivity index (χ0v) is 13.1. The van der Waals surface area contributed by atoms with E-state index in [4.69, 9.17) is 0 Å². The lowest BCUT2D eigenvalue weighted by Crippen LogP contribution is -2.37. The van der Waals surface area contributed by atoms with Crippen molar-refractivity contribution in [1.82, 2.24) is 5.32 Å². The Morgan fingerprint density at radius 1 is 1.32 bits per heavy atom. The van der Waals surface area contributed by atoms with E-state index >= 15 is 0 Å². The SMILES string of the molecule is CCCNC(CSc1cccc(C)c1)C1CCCC1. The molecule has 0 saturated heterocycles. The third kappa shape index (κ3) is 4.85. The van der Waals surface area contributed by atoms with Crippen LogP contribution in [0.25, 0.3) is 0 Å². The zero-order chi connectivity index (χ0) is 13.5. The van der Waals surface area contributed by atoms with Crippen LogP contribution < -0.4 is 5.32 Å². The minimum Gasteiger partial charge on any atom is -0.313 e. The second-order valence-electron chi connectivity index (χ2n) is 5.73. The minimum absolute atomic E-state index is 0.702. The second kappa shape index (κ2) is 7.96. The van der Waals surface area contributed by atoms with E-state index in [1.165, 1.54) is 48.3 Å². The Morgan fingerprint density at radius 2 is 2.11 bits per heavy atom. The highest BCUT2D eigenvalue weighted by atomic mass is 32.2. The highest BCUT2D eigenvalue weighted by Gasteiger charge is 2.24. The maximum absolute atomic E-state index is 3.78. The van der Waals surface area contributed by atoms with E-state index in [0.29, 0.717) is 6.04 Å². The zero-order valence-electron chi connectivity index (χ0n) is 12.3. The van der Waals surface area contributed by atoms with Crippen LogP contribution in [0.5, 0.6) is 0 Å². The highest BCUT2D eigenvalue weighted by Crippen LogP contribution is 2.31. The molecule has 0 aliphatic heterocycles. The van der Waals surface area contributed by atoms with Gasteiger partial charge in [0.2, 0.25) is 0 Å². The van der Waals surface area contributed by atoms with Crippen LogP contribution in [0.1, 0.15) is 44.6 Å². The van der Waals surface area contributed by atoms with Gasteiger partial charge in [-0.15, -0.1) is 11.8 Å². The fraction of sp³-hybridized carbons (Fsp3) is 0.647. The standard InChI is InChI=1S/C17H27NS/c1-3-11-18-17(15-8-4-5-9-15)13-19-16-10-6-7-14(2)12-16/h6-7,10,12,15,17-18H,3-5,8-9,11,13H2,1-2H3. The molecule has 2 rings (SSSR count). The van der Waals surface area contributed by atoms with Crippen molar-refractivity contribution in [3.8, 4) is 0 Å². The number of thioether (sulfide) groups is 1. The molecule has 1 aromatic carbocycles. The molecule has 1 nitrogen and oxygen atoms in total. The first-order valence-electron chi connectivity index (χ1n) is 7.72. The van der Waals surface area contributed by atoms with Gasteiger partial charge in [0, 0.05) is 16.7 Å². The molecule has 0 heterocycles. The van der Waals surface area contributed by atoms with Gasteiger partial charge in [0.1, 0.15) is 0 Å². The summed E-state index contributed by atoms with van der Waals surface area (Å²) in [5, 5.41) is 3.78. The predicted molar refractivity (Wildman–Crippen MR) is 85.9 cm³/mol. The fourth-order valence-electron chi connectivity index (χ4n) is 2.94. The fourth-order valence-corrected chi connectivity index (χ4v) is 4.15. The lowest BCUT2D eigenvalue weighted by Gasteiger charge is -2.24. The van der Waals surface area contributed by atoms with Gasteiger partial charge in [-0.1, -0.05) is 37.5 Å². The topological polar surface area (TPSA) is 12.0 Å². The summed E-state index contributed by atoms with van der Waals surface area (Å²) in [4.78, 5) is 1.42. The van der Waals surface area contributed by atoms with Gasteiger partial charge in [-0.05, 0) is 50.8 Å². The van der Waals surface area contributed by atoms with E-state index in [-0.39, 0.29) is 0 Å². The van der Waals surface area contributed by atoms with Crippen LogP contribution in [0.3, 0.4) is 0 Å². The molecule has 0 amide bonds. The summed E-state index contributed by atoms with van der Waals surface area (Å²) in [6.45, 7) is 5.59. The van der Waals surface area contributed by atoms with E-state index in [1.807, 2.05) is 11.8 Å². The Kier molecular flexibility index (Phi) is 6.25. The van der Waals surface area contributed by atoms with Gasteiger partial charge in [-0.25, -0.2) is 0 Å². The Balaban J connectivity index is 1.88.